The zero-order valence-corrected chi connectivity index (χ0v) is 28.9. The van der Waals surface area contributed by atoms with E-state index in [1.54, 1.807) is 0 Å². The minimum absolute atomic E-state index is 0.306. The topological polar surface area (TPSA) is 157 Å². The Morgan fingerprint density at radius 2 is 1.13 bits per heavy atom. The second-order valence-electron chi connectivity index (χ2n) is 13.0. The number of aliphatic hydroxyl groups excluding tert-OH is 3. The largest absolute Gasteiger partial charge is 0.394 e. The number of rotatable bonds is 28. The van der Waals surface area contributed by atoms with E-state index in [4.69, 9.17) is 10.5 Å². The van der Waals surface area contributed by atoms with Crippen LogP contribution in [-0.2, 0) is 9.53 Å². The summed E-state index contributed by atoms with van der Waals surface area (Å²) in [6, 6.07) is -1.43. The predicted molar refractivity (Wildman–Crippen MR) is 182 cm³/mol. The molecule has 1 heterocycles. The number of ether oxygens (including phenoxy) is 1. The van der Waals surface area contributed by atoms with Gasteiger partial charge in [-0.25, -0.2) is 4.79 Å². The van der Waals surface area contributed by atoms with E-state index in [1.165, 1.54) is 101 Å². The number of nitrogens with two attached hydrogens (primary N) is 1. The molecule has 1 aliphatic rings. The standard InChI is InChI=1S/C35H70N4O6/c1-3-5-7-9-11-13-15-16-18-20-22-24-26-39(35(44)37-25-23-21-19-17-14-12-10-8-6-4-2)34-31(38-30(41)27-36)33(43)32(42)29(28-40)45-34/h29,31-34,40,42-43H,3-28,36H2,1-2H3,(H,37,44)(H,38,41)/t29-,31-,32-,33-,34-/m1/s1. The van der Waals surface area contributed by atoms with Crippen LogP contribution < -0.4 is 16.4 Å². The van der Waals surface area contributed by atoms with Crippen LogP contribution in [0.4, 0.5) is 4.79 Å². The van der Waals surface area contributed by atoms with E-state index in [-0.39, 0.29) is 12.6 Å². The molecule has 3 amide bonds. The van der Waals surface area contributed by atoms with Crippen molar-refractivity contribution in [2.75, 3.05) is 26.2 Å². The van der Waals surface area contributed by atoms with E-state index >= 15 is 0 Å². The number of carbonyl (C=O) groups excluding carboxylic acids is 2. The maximum atomic E-state index is 13.5. The quantitative estimate of drug-likeness (QED) is 0.0615. The second-order valence-corrected chi connectivity index (χ2v) is 13.0. The lowest BCUT2D eigenvalue weighted by atomic mass is 9.95. The summed E-state index contributed by atoms with van der Waals surface area (Å²) in [6.07, 6.45) is 21.4. The molecule has 1 rings (SSSR count). The Hall–Kier alpha value is -1.46. The molecule has 5 atom stereocenters. The molecule has 0 radical (unpaired) electrons. The highest BCUT2D eigenvalue weighted by molar-refractivity contribution is 5.78. The van der Waals surface area contributed by atoms with Crippen LogP contribution in [0.1, 0.15) is 155 Å². The van der Waals surface area contributed by atoms with Crippen LogP contribution in [0.3, 0.4) is 0 Å². The number of carbonyl (C=O) groups is 2. The number of urea groups is 1. The molecule has 45 heavy (non-hydrogen) atoms. The Balaban J connectivity index is 2.64. The van der Waals surface area contributed by atoms with Gasteiger partial charge in [-0.05, 0) is 12.8 Å². The molecule has 0 saturated carbocycles. The van der Waals surface area contributed by atoms with E-state index in [2.05, 4.69) is 24.5 Å². The van der Waals surface area contributed by atoms with Gasteiger partial charge in [0.1, 0.15) is 24.4 Å². The Kier molecular flexibility index (Phi) is 25.5. The molecule has 7 N–H and O–H groups in total. The van der Waals surface area contributed by atoms with Gasteiger partial charge in [-0.2, -0.15) is 0 Å². The Labute approximate surface area is 274 Å². The van der Waals surface area contributed by atoms with Gasteiger partial charge < -0.3 is 36.4 Å². The molecule has 10 nitrogen and oxygen atoms in total. The fraction of sp³-hybridized carbons (Fsp3) is 0.943. The smallest absolute Gasteiger partial charge is 0.319 e. The summed E-state index contributed by atoms with van der Waals surface area (Å²) in [4.78, 5) is 27.2. The third-order valence-corrected chi connectivity index (χ3v) is 9.04. The van der Waals surface area contributed by atoms with Crippen LogP contribution in [0, 0.1) is 0 Å². The molecule has 0 aliphatic carbocycles. The zero-order valence-electron chi connectivity index (χ0n) is 28.9. The van der Waals surface area contributed by atoms with Crippen LogP contribution in [0.2, 0.25) is 0 Å². The fourth-order valence-electron chi connectivity index (χ4n) is 6.14. The molecule has 10 heteroatoms. The van der Waals surface area contributed by atoms with Crippen molar-refractivity contribution in [3.8, 4) is 0 Å². The molecular weight excluding hydrogens is 572 g/mol. The van der Waals surface area contributed by atoms with Gasteiger partial charge in [0, 0.05) is 13.1 Å². The van der Waals surface area contributed by atoms with Gasteiger partial charge >= 0.3 is 6.03 Å². The SMILES string of the molecule is CCCCCCCCCCCCCCN(C(=O)NCCCCCCCCCCCC)[C@@H]1O[C@H](CO)[C@@H](O)[C@H](O)[C@H]1NC(=O)CN. The first-order chi connectivity index (χ1) is 21.9. The maximum absolute atomic E-state index is 13.5. The molecule has 0 aromatic rings. The van der Waals surface area contributed by atoms with Gasteiger partial charge in [-0.3, -0.25) is 9.69 Å². The van der Waals surface area contributed by atoms with Gasteiger partial charge in [0.25, 0.3) is 0 Å². The van der Waals surface area contributed by atoms with Crippen LogP contribution in [-0.4, -0.2) is 89.0 Å². The Morgan fingerprint density at radius 3 is 1.58 bits per heavy atom. The number of nitrogens with zero attached hydrogens (tertiary/aromatic N) is 1. The van der Waals surface area contributed by atoms with Crippen LogP contribution in [0.15, 0.2) is 0 Å². The monoisotopic (exact) mass is 643 g/mol. The lowest BCUT2D eigenvalue weighted by Crippen LogP contribution is -2.69. The number of unbranched alkanes of at least 4 members (excludes halogenated alkanes) is 20. The summed E-state index contributed by atoms with van der Waals surface area (Å²) in [5.74, 6) is -0.529. The first-order valence-corrected chi connectivity index (χ1v) is 18.6. The minimum atomic E-state index is -1.43. The average molecular weight is 643 g/mol. The van der Waals surface area contributed by atoms with E-state index in [0.29, 0.717) is 13.1 Å². The highest BCUT2D eigenvalue weighted by Crippen LogP contribution is 2.25. The van der Waals surface area contributed by atoms with Crippen LogP contribution in [0.25, 0.3) is 0 Å². The molecule has 266 valence electrons. The summed E-state index contributed by atoms with van der Waals surface area (Å²) < 4.78 is 5.97. The van der Waals surface area contributed by atoms with E-state index in [0.717, 1.165) is 44.9 Å². The van der Waals surface area contributed by atoms with Gasteiger partial charge in [0.2, 0.25) is 5.91 Å². The summed E-state index contributed by atoms with van der Waals surface area (Å²) >= 11 is 0. The lowest BCUT2D eigenvalue weighted by Gasteiger charge is -2.46. The van der Waals surface area contributed by atoms with Crippen molar-refractivity contribution < 1.29 is 29.6 Å². The molecule has 0 spiro atoms. The second kappa shape index (κ2) is 27.6. The van der Waals surface area contributed by atoms with Crippen molar-refractivity contribution in [3.63, 3.8) is 0 Å². The van der Waals surface area contributed by atoms with Crippen molar-refractivity contribution in [1.29, 1.82) is 0 Å². The molecule has 1 fully saturated rings. The van der Waals surface area contributed by atoms with Gasteiger partial charge in [-0.1, -0.05) is 142 Å². The average Bonchev–Trinajstić information content (AvgIpc) is 3.04. The number of amides is 3. The fourth-order valence-corrected chi connectivity index (χ4v) is 6.14. The van der Waals surface area contributed by atoms with Crippen molar-refractivity contribution >= 4 is 11.9 Å². The van der Waals surface area contributed by atoms with Crippen LogP contribution >= 0.6 is 0 Å². The lowest BCUT2D eigenvalue weighted by molar-refractivity contribution is -0.224. The number of hydrogen-bond acceptors (Lipinski definition) is 7. The number of hydrogen-bond donors (Lipinski definition) is 6. The first-order valence-electron chi connectivity index (χ1n) is 18.6. The molecule has 1 aliphatic heterocycles. The van der Waals surface area contributed by atoms with Crippen molar-refractivity contribution in [1.82, 2.24) is 15.5 Å². The molecule has 0 aromatic carbocycles. The normalized spacial score (nSPS) is 21.5. The van der Waals surface area contributed by atoms with Gasteiger partial charge in [0.05, 0.1) is 13.2 Å². The number of nitrogens with one attached hydrogen (secondary N) is 2. The molecule has 1 saturated heterocycles. The Bertz CT molecular complexity index is 730. The summed E-state index contributed by atoms with van der Waals surface area (Å²) in [5.41, 5.74) is 5.51. The third kappa shape index (κ3) is 18.5. The Morgan fingerprint density at radius 1 is 0.689 bits per heavy atom. The van der Waals surface area contributed by atoms with Crippen molar-refractivity contribution in [2.45, 2.75) is 186 Å². The van der Waals surface area contributed by atoms with Crippen molar-refractivity contribution in [3.05, 3.63) is 0 Å². The van der Waals surface area contributed by atoms with E-state index in [1.807, 2.05) is 0 Å². The predicted octanol–water partition coefficient (Wildman–Crippen LogP) is 5.50. The zero-order chi connectivity index (χ0) is 33.1. The third-order valence-electron chi connectivity index (χ3n) is 9.04. The molecule has 0 unspecified atom stereocenters. The van der Waals surface area contributed by atoms with Crippen LogP contribution in [0.5, 0.6) is 0 Å². The highest BCUT2D eigenvalue weighted by Gasteiger charge is 2.48. The van der Waals surface area contributed by atoms with E-state index < -0.39 is 43.1 Å². The molecular formula is C35H70N4O6. The van der Waals surface area contributed by atoms with Gasteiger partial charge in [-0.15, -0.1) is 0 Å². The first kappa shape index (κ1) is 41.6. The molecule has 0 aromatic heterocycles. The summed E-state index contributed by atoms with van der Waals surface area (Å²) in [5, 5.41) is 36.8. The number of aliphatic hydroxyl groups is 3. The maximum Gasteiger partial charge on any atom is 0.319 e. The summed E-state index contributed by atoms with van der Waals surface area (Å²) in [7, 11) is 0. The van der Waals surface area contributed by atoms with Gasteiger partial charge in [0.15, 0.2) is 6.23 Å². The van der Waals surface area contributed by atoms with Crippen molar-refractivity contribution in [2.24, 2.45) is 5.73 Å². The minimum Gasteiger partial charge on any atom is -0.394 e. The molecule has 0 bridgehead atoms. The summed E-state index contributed by atoms with van der Waals surface area (Å²) in [6.45, 7) is 4.52. The van der Waals surface area contributed by atoms with E-state index in [9.17, 15) is 24.9 Å². The highest BCUT2D eigenvalue weighted by atomic mass is 16.5.